The van der Waals surface area contributed by atoms with Crippen molar-refractivity contribution in [2.75, 3.05) is 6.54 Å². The lowest BCUT2D eigenvalue weighted by atomic mass is 10.3. The molecule has 0 aromatic carbocycles. The zero-order valence-corrected chi connectivity index (χ0v) is 10.3. The zero-order valence-electron chi connectivity index (χ0n) is 9.51. The number of alkyl halides is 2. The number of thioether (sulfide) groups is 1. The molecule has 0 bridgehead atoms. The number of rotatable bonds is 7. The third-order valence-corrected chi connectivity index (χ3v) is 2.68. The van der Waals surface area contributed by atoms with Crippen molar-refractivity contribution in [2.45, 2.75) is 17.6 Å². The maximum Gasteiger partial charge on any atom is 0.334 e. The molecule has 9 heteroatoms. The van der Waals surface area contributed by atoms with Gasteiger partial charge in [-0.3, -0.25) is 4.79 Å². The molecular formula is C10H11F2NO5S. The summed E-state index contributed by atoms with van der Waals surface area (Å²) in [4.78, 5) is 21.8. The van der Waals surface area contributed by atoms with Gasteiger partial charge in [0.1, 0.15) is 5.76 Å². The van der Waals surface area contributed by atoms with Crippen molar-refractivity contribution in [3.05, 3.63) is 23.7 Å². The van der Waals surface area contributed by atoms with Crippen LogP contribution in [0.25, 0.3) is 0 Å². The molecule has 0 aliphatic heterocycles. The van der Waals surface area contributed by atoms with Crippen molar-refractivity contribution in [3.8, 4) is 0 Å². The first-order chi connectivity index (χ1) is 8.90. The van der Waals surface area contributed by atoms with Gasteiger partial charge in [-0.25, -0.2) is 4.79 Å². The molecule has 0 unspecified atom stereocenters. The van der Waals surface area contributed by atoms with Crippen LogP contribution in [0.5, 0.6) is 0 Å². The van der Waals surface area contributed by atoms with Gasteiger partial charge < -0.3 is 19.9 Å². The van der Waals surface area contributed by atoms with E-state index >= 15 is 0 Å². The van der Waals surface area contributed by atoms with E-state index in [-0.39, 0.29) is 17.3 Å². The van der Waals surface area contributed by atoms with Crippen molar-refractivity contribution < 1.29 is 33.0 Å². The number of aliphatic hydroxyl groups is 1. The van der Waals surface area contributed by atoms with E-state index < -0.39 is 30.3 Å². The Morgan fingerprint density at radius 1 is 1.42 bits per heavy atom. The van der Waals surface area contributed by atoms with Gasteiger partial charge in [0.2, 0.25) is 0 Å². The number of halogens is 2. The van der Waals surface area contributed by atoms with Crippen molar-refractivity contribution in [1.82, 2.24) is 5.32 Å². The fourth-order valence-corrected chi connectivity index (χ4v) is 1.53. The number of aliphatic hydroxyl groups excluding tert-OH is 1. The van der Waals surface area contributed by atoms with Crippen LogP contribution >= 0.6 is 11.8 Å². The smallest absolute Gasteiger partial charge is 0.334 e. The minimum absolute atomic E-state index is 0.0807. The molecule has 0 spiro atoms. The summed E-state index contributed by atoms with van der Waals surface area (Å²) >= 11 is 0.355. The number of aliphatic carboxylic acids is 1. The SMILES string of the molecule is O=C(NC[C@H](O)C(=O)O)c1ccc(CSC(F)F)o1. The van der Waals surface area contributed by atoms with E-state index in [9.17, 15) is 18.4 Å². The van der Waals surface area contributed by atoms with E-state index in [0.717, 1.165) is 0 Å². The minimum Gasteiger partial charge on any atom is -0.479 e. The summed E-state index contributed by atoms with van der Waals surface area (Å²) in [5.74, 6) is -4.74. The molecule has 1 amide bonds. The summed E-state index contributed by atoms with van der Waals surface area (Å²) in [5, 5.41) is 19.5. The number of nitrogens with one attached hydrogen (secondary N) is 1. The lowest BCUT2D eigenvalue weighted by Gasteiger charge is -2.05. The fourth-order valence-electron chi connectivity index (χ4n) is 1.09. The number of carboxylic acids is 1. The Hall–Kier alpha value is -1.61. The summed E-state index contributed by atoms with van der Waals surface area (Å²) in [6.45, 7) is -0.476. The lowest BCUT2D eigenvalue weighted by Crippen LogP contribution is -2.36. The van der Waals surface area contributed by atoms with Crippen LogP contribution in [0.15, 0.2) is 16.5 Å². The molecule has 106 valence electrons. The maximum absolute atomic E-state index is 11.9. The number of amides is 1. The molecule has 6 nitrogen and oxygen atoms in total. The first kappa shape index (κ1) is 15.4. The average molecular weight is 295 g/mol. The van der Waals surface area contributed by atoms with Crippen LogP contribution in [0.2, 0.25) is 0 Å². The van der Waals surface area contributed by atoms with E-state index in [0.29, 0.717) is 11.8 Å². The van der Waals surface area contributed by atoms with Gasteiger partial charge in [0.25, 0.3) is 11.7 Å². The summed E-state index contributed by atoms with van der Waals surface area (Å²) in [6, 6.07) is 2.65. The fraction of sp³-hybridized carbons (Fsp3) is 0.400. The Morgan fingerprint density at radius 3 is 2.68 bits per heavy atom. The van der Waals surface area contributed by atoms with E-state index in [1.807, 2.05) is 0 Å². The number of carboxylic acid groups (broad SMARTS) is 1. The number of hydrogen-bond acceptors (Lipinski definition) is 5. The van der Waals surface area contributed by atoms with Crippen molar-refractivity contribution in [1.29, 1.82) is 0 Å². The third-order valence-electron chi connectivity index (χ3n) is 1.98. The van der Waals surface area contributed by atoms with Gasteiger partial charge in [0.05, 0.1) is 12.3 Å². The molecule has 0 aliphatic carbocycles. The minimum atomic E-state index is -2.53. The largest absolute Gasteiger partial charge is 0.479 e. The highest BCUT2D eigenvalue weighted by Crippen LogP contribution is 2.21. The van der Waals surface area contributed by atoms with Crippen LogP contribution in [-0.4, -0.2) is 40.5 Å². The van der Waals surface area contributed by atoms with Crippen molar-refractivity contribution >= 4 is 23.6 Å². The van der Waals surface area contributed by atoms with Gasteiger partial charge in [-0.1, -0.05) is 11.8 Å². The van der Waals surface area contributed by atoms with E-state index in [4.69, 9.17) is 14.6 Å². The molecule has 0 radical (unpaired) electrons. The van der Waals surface area contributed by atoms with E-state index in [1.54, 1.807) is 0 Å². The quantitative estimate of drug-likeness (QED) is 0.691. The average Bonchev–Trinajstić information content (AvgIpc) is 2.81. The Bertz CT molecular complexity index is 451. The number of carbonyl (C=O) groups excluding carboxylic acids is 1. The van der Waals surface area contributed by atoms with Gasteiger partial charge in [0, 0.05) is 0 Å². The van der Waals surface area contributed by atoms with Gasteiger partial charge in [-0.15, -0.1) is 0 Å². The monoisotopic (exact) mass is 295 g/mol. The third kappa shape index (κ3) is 5.26. The molecule has 1 atom stereocenters. The summed E-state index contributed by atoms with van der Waals surface area (Å²) < 4.78 is 28.9. The van der Waals surface area contributed by atoms with Crippen LogP contribution in [0.4, 0.5) is 8.78 Å². The molecule has 0 saturated carbocycles. The molecule has 0 saturated heterocycles. The zero-order chi connectivity index (χ0) is 14.4. The summed E-state index contributed by atoms with van der Waals surface area (Å²) in [5.41, 5.74) is 0. The highest BCUT2D eigenvalue weighted by atomic mass is 32.2. The second-order valence-electron chi connectivity index (χ2n) is 3.40. The second kappa shape index (κ2) is 7.10. The van der Waals surface area contributed by atoms with Gasteiger partial charge in [-0.2, -0.15) is 8.78 Å². The predicted octanol–water partition coefficient (Wildman–Crippen LogP) is 0.911. The van der Waals surface area contributed by atoms with Crippen LogP contribution < -0.4 is 5.32 Å². The highest BCUT2D eigenvalue weighted by molar-refractivity contribution is 7.98. The molecule has 1 aromatic heterocycles. The van der Waals surface area contributed by atoms with Gasteiger partial charge >= 0.3 is 5.97 Å². The van der Waals surface area contributed by atoms with Crippen LogP contribution in [-0.2, 0) is 10.5 Å². The van der Waals surface area contributed by atoms with Crippen LogP contribution in [0, 0.1) is 0 Å². The molecule has 19 heavy (non-hydrogen) atoms. The van der Waals surface area contributed by atoms with E-state index in [2.05, 4.69) is 5.32 Å². The topological polar surface area (TPSA) is 99.8 Å². The molecule has 1 aromatic rings. The Kier molecular flexibility index (Phi) is 5.77. The normalized spacial score (nSPS) is 12.4. The molecular weight excluding hydrogens is 284 g/mol. The molecule has 1 rings (SSSR count). The van der Waals surface area contributed by atoms with Crippen LogP contribution in [0.1, 0.15) is 16.3 Å². The number of hydrogen-bond donors (Lipinski definition) is 3. The second-order valence-corrected chi connectivity index (χ2v) is 4.38. The Balaban J connectivity index is 2.47. The van der Waals surface area contributed by atoms with Crippen molar-refractivity contribution in [2.24, 2.45) is 0 Å². The van der Waals surface area contributed by atoms with Gasteiger partial charge in [0.15, 0.2) is 11.9 Å². The van der Waals surface area contributed by atoms with Crippen molar-refractivity contribution in [3.63, 3.8) is 0 Å². The highest BCUT2D eigenvalue weighted by Gasteiger charge is 2.17. The Morgan fingerprint density at radius 2 is 2.11 bits per heavy atom. The molecule has 3 N–H and O–H groups in total. The first-order valence-electron chi connectivity index (χ1n) is 5.07. The lowest BCUT2D eigenvalue weighted by molar-refractivity contribution is -0.146. The summed E-state index contributed by atoms with van der Waals surface area (Å²) in [7, 11) is 0. The first-order valence-corrected chi connectivity index (χ1v) is 6.12. The van der Waals surface area contributed by atoms with E-state index in [1.165, 1.54) is 12.1 Å². The maximum atomic E-state index is 11.9. The Labute approximate surface area is 110 Å². The molecule has 1 heterocycles. The van der Waals surface area contributed by atoms with Crippen LogP contribution in [0.3, 0.4) is 0 Å². The molecule has 0 aliphatic rings. The number of furan rings is 1. The predicted molar refractivity (Wildman–Crippen MR) is 62.0 cm³/mol. The summed E-state index contributed by atoms with van der Waals surface area (Å²) in [6.07, 6.45) is -1.72. The molecule has 0 fully saturated rings. The standard InChI is InChI=1S/C10H11F2NO5S/c11-10(12)19-4-5-1-2-7(18-5)8(15)13-3-6(14)9(16)17/h1-2,6,10,14H,3-4H2,(H,13,15)(H,16,17)/t6-/m0/s1. The number of carbonyl (C=O) groups is 2. The van der Waals surface area contributed by atoms with Gasteiger partial charge in [-0.05, 0) is 12.1 Å².